The van der Waals surface area contributed by atoms with Gasteiger partial charge in [0.25, 0.3) is 0 Å². The van der Waals surface area contributed by atoms with Gasteiger partial charge in [-0.1, -0.05) is 24.3 Å². The maximum Gasteiger partial charge on any atom is 0.193 e. The first-order valence-corrected chi connectivity index (χ1v) is 11.1. The Bertz CT molecular complexity index is 670. The van der Waals surface area contributed by atoms with Crippen molar-refractivity contribution in [1.29, 1.82) is 0 Å². The van der Waals surface area contributed by atoms with Crippen molar-refractivity contribution >= 4 is 5.96 Å². The highest BCUT2D eigenvalue weighted by atomic mass is 16.5. The first kappa shape index (κ1) is 19.7. The Morgan fingerprint density at radius 3 is 3.14 bits per heavy atom. The van der Waals surface area contributed by atoms with Crippen LogP contribution in [0.5, 0.6) is 0 Å². The number of ether oxygens (including phenoxy) is 2. The van der Waals surface area contributed by atoms with Crippen molar-refractivity contribution in [1.82, 2.24) is 10.2 Å². The normalized spacial score (nSPS) is 27.4. The van der Waals surface area contributed by atoms with Gasteiger partial charge in [-0.15, -0.1) is 0 Å². The van der Waals surface area contributed by atoms with Crippen molar-refractivity contribution in [2.75, 3.05) is 46.0 Å². The third-order valence-electron chi connectivity index (χ3n) is 6.46. The van der Waals surface area contributed by atoms with Crippen LogP contribution >= 0.6 is 0 Å². The minimum Gasteiger partial charge on any atom is -0.381 e. The van der Waals surface area contributed by atoms with Gasteiger partial charge in [0.15, 0.2) is 5.96 Å². The zero-order valence-electron chi connectivity index (χ0n) is 17.3. The molecule has 28 heavy (non-hydrogen) atoms. The van der Waals surface area contributed by atoms with Gasteiger partial charge < -0.3 is 19.7 Å². The smallest absolute Gasteiger partial charge is 0.193 e. The Labute approximate surface area is 169 Å². The van der Waals surface area contributed by atoms with Crippen molar-refractivity contribution in [3.8, 4) is 0 Å². The molecule has 3 aliphatic rings. The highest BCUT2D eigenvalue weighted by Gasteiger charge is 2.42. The summed E-state index contributed by atoms with van der Waals surface area (Å²) < 4.78 is 11.9. The van der Waals surface area contributed by atoms with Crippen molar-refractivity contribution < 1.29 is 9.47 Å². The van der Waals surface area contributed by atoms with Gasteiger partial charge >= 0.3 is 0 Å². The van der Waals surface area contributed by atoms with Crippen molar-refractivity contribution in [3.05, 3.63) is 35.4 Å². The van der Waals surface area contributed by atoms with Crippen LogP contribution in [0.2, 0.25) is 0 Å². The molecule has 4 rings (SSSR count). The van der Waals surface area contributed by atoms with E-state index in [0.717, 1.165) is 64.8 Å². The largest absolute Gasteiger partial charge is 0.381 e. The summed E-state index contributed by atoms with van der Waals surface area (Å²) in [5.41, 5.74) is 3.23. The number of benzene rings is 1. The van der Waals surface area contributed by atoms with Crippen LogP contribution in [-0.2, 0) is 15.9 Å². The second-order valence-corrected chi connectivity index (χ2v) is 8.51. The summed E-state index contributed by atoms with van der Waals surface area (Å²) in [5, 5.41) is 3.48. The minimum absolute atomic E-state index is 0.267. The summed E-state index contributed by atoms with van der Waals surface area (Å²) >= 11 is 0. The fourth-order valence-electron chi connectivity index (χ4n) is 4.87. The fraction of sp³-hybridized carbons (Fsp3) is 0.696. The SMILES string of the molecule is CCNC(=NCCCOC1CCCc2ccccc21)N1CCC2(CCOC2)C1. The molecule has 1 aromatic rings. The maximum atomic E-state index is 6.23. The number of hydrogen-bond acceptors (Lipinski definition) is 3. The van der Waals surface area contributed by atoms with E-state index in [1.54, 1.807) is 0 Å². The van der Waals surface area contributed by atoms with Crippen LogP contribution in [-0.4, -0.2) is 56.9 Å². The average molecular weight is 386 g/mol. The van der Waals surface area contributed by atoms with Crippen molar-refractivity contribution in [3.63, 3.8) is 0 Å². The molecule has 1 aromatic carbocycles. The number of nitrogens with zero attached hydrogens (tertiary/aromatic N) is 2. The number of guanidine groups is 1. The van der Waals surface area contributed by atoms with Gasteiger partial charge in [-0.05, 0) is 56.6 Å². The van der Waals surface area contributed by atoms with E-state index in [4.69, 9.17) is 14.5 Å². The molecule has 2 heterocycles. The van der Waals surface area contributed by atoms with Crippen LogP contribution in [0.25, 0.3) is 0 Å². The molecule has 5 nitrogen and oxygen atoms in total. The van der Waals surface area contributed by atoms with E-state index in [1.807, 2.05) is 0 Å². The molecule has 154 valence electrons. The lowest BCUT2D eigenvalue weighted by Crippen LogP contribution is -2.41. The molecule has 2 saturated heterocycles. The van der Waals surface area contributed by atoms with E-state index in [1.165, 1.54) is 36.8 Å². The van der Waals surface area contributed by atoms with E-state index in [0.29, 0.717) is 5.41 Å². The van der Waals surface area contributed by atoms with E-state index in [2.05, 4.69) is 41.4 Å². The molecule has 0 saturated carbocycles. The summed E-state index contributed by atoms with van der Waals surface area (Å²) in [5.74, 6) is 1.06. The van der Waals surface area contributed by atoms with Crippen LogP contribution in [0.15, 0.2) is 29.3 Å². The molecule has 5 heteroatoms. The van der Waals surface area contributed by atoms with Crippen LogP contribution < -0.4 is 5.32 Å². The van der Waals surface area contributed by atoms with E-state index in [9.17, 15) is 0 Å². The zero-order valence-corrected chi connectivity index (χ0v) is 17.3. The zero-order chi connectivity index (χ0) is 19.2. The van der Waals surface area contributed by atoms with Crippen LogP contribution in [0.3, 0.4) is 0 Å². The number of hydrogen-bond donors (Lipinski definition) is 1. The molecular weight excluding hydrogens is 350 g/mol. The molecule has 2 aliphatic heterocycles. The topological polar surface area (TPSA) is 46.1 Å². The van der Waals surface area contributed by atoms with E-state index in [-0.39, 0.29) is 6.10 Å². The second kappa shape index (κ2) is 9.27. The lowest BCUT2D eigenvalue weighted by molar-refractivity contribution is 0.0402. The summed E-state index contributed by atoms with van der Waals surface area (Å²) in [4.78, 5) is 7.31. The third-order valence-corrected chi connectivity index (χ3v) is 6.46. The van der Waals surface area contributed by atoms with E-state index >= 15 is 0 Å². The van der Waals surface area contributed by atoms with Gasteiger partial charge in [0.1, 0.15) is 0 Å². The molecule has 2 atom stereocenters. The summed E-state index contributed by atoms with van der Waals surface area (Å²) in [7, 11) is 0. The van der Waals surface area contributed by atoms with E-state index < -0.39 is 0 Å². The minimum atomic E-state index is 0.267. The number of aryl methyl sites for hydroxylation is 1. The second-order valence-electron chi connectivity index (χ2n) is 8.51. The Kier molecular flexibility index (Phi) is 6.53. The molecule has 1 aliphatic carbocycles. The van der Waals surface area contributed by atoms with Crippen molar-refractivity contribution in [2.24, 2.45) is 10.4 Å². The number of aliphatic imine (C=N–C) groups is 1. The van der Waals surface area contributed by atoms with Crippen LogP contribution in [0.1, 0.15) is 56.3 Å². The van der Waals surface area contributed by atoms with Crippen LogP contribution in [0.4, 0.5) is 0 Å². The Balaban J connectivity index is 1.25. The Morgan fingerprint density at radius 2 is 2.29 bits per heavy atom. The molecule has 1 spiro atoms. The summed E-state index contributed by atoms with van der Waals surface area (Å²) in [6.45, 7) is 8.65. The summed E-state index contributed by atoms with van der Waals surface area (Å²) in [6.07, 6.45) is 7.21. The third kappa shape index (κ3) is 4.52. The maximum absolute atomic E-state index is 6.23. The lowest BCUT2D eigenvalue weighted by Gasteiger charge is -2.26. The fourth-order valence-corrected chi connectivity index (χ4v) is 4.87. The molecule has 2 fully saturated rings. The van der Waals surface area contributed by atoms with Gasteiger partial charge in [0.05, 0.1) is 12.7 Å². The van der Waals surface area contributed by atoms with Gasteiger partial charge in [-0.25, -0.2) is 0 Å². The standard InChI is InChI=1S/C23H35N3O2/c1-2-24-22(26-14-11-23(17-26)12-16-27-18-23)25-13-6-15-28-21-10-5-8-19-7-3-4-9-20(19)21/h3-4,7,9,21H,2,5-6,8,10-18H2,1H3,(H,24,25). The quantitative estimate of drug-likeness (QED) is 0.462. The number of rotatable bonds is 6. The molecular formula is C23H35N3O2. The first-order valence-electron chi connectivity index (χ1n) is 11.1. The molecule has 0 radical (unpaired) electrons. The molecule has 0 bridgehead atoms. The predicted molar refractivity (Wildman–Crippen MR) is 113 cm³/mol. The molecule has 1 N–H and O–H groups in total. The summed E-state index contributed by atoms with van der Waals surface area (Å²) in [6, 6.07) is 8.75. The Morgan fingerprint density at radius 1 is 1.36 bits per heavy atom. The highest BCUT2D eigenvalue weighted by Crippen LogP contribution is 2.38. The van der Waals surface area contributed by atoms with Crippen LogP contribution in [0, 0.1) is 5.41 Å². The first-order chi connectivity index (χ1) is 13.8. The monoisotopic (exact) mass is 385 g/mol. The molecule has 0 amide bonds. The highest BCUT2D eigenvalue weighted by molar-refractivity contribution is 5.80. The predicted octanol–water partition coefficient (Wildman–Crippen LogP) is 3.55. The number of fused-ring (bicyclic) bond motifs is 1. The van der Waals surface area contributed by atoms with Crippen molar-refractivity contribution in [2.45, 2.75) is 51.6 Å². The van der Waals surface area contributed by atoms with Gasteiger partial charge in [-0.2, -0.15) is 0 Å². The lowest BCUT2D eigenvalue weighted by atomic mass is 9.87. The number of nitrogens with one attached hydrogen (secondary N) is 1. The molecule has 0 aromatic heterocycles. The molecule has 2 unspecified atom stereocenters. The van der Waals surface area contributed by atoms with Gasteiger partial charge in [-0.3, -0.25) is 4.99 Å². The van der Waals surface area contributed by atoms with Gasteiger partial charge in [0.2, 0.25) is 0 Å². The van der Waals surface area contributed by atoms with Gasteiger partial charge in [0, 0.05) is 44.8 Å². The Hall–Kier alpha value is -1.59. The number of likely N-dealkylation sites (tertiary alicyclic amines) is 1. The average Bonchev–Trinajstić information content (AvgIpc) is 3.37.